The molecule has 0 bridgehead atoms. The monoisotopic (exact) mass is 164 g/mol. The fraction of sp³-hybridized carbons (Fsp3) is 0.600. The minimum absolute atomic E-state index is 0.424. The molecular weight excluding hydrogens is 155 g/mol. The summed E-state index contributed by atoms with van der Waals surface area (Å²) in [6.07, 6.45) is 4.13. The minimum Gasteiger partial charge on any atom is -0.409 e. The maximum Gasteiger partial charge on any atom is 0.524 e. The van der Waals surface area contributed by atoms with Crippen molar-refractivity contribution in [3.8, 4) is 0 Å². The van der Waals surface area contributed by atoms with Crippen LogP contribution in [0.3, 0.4) is 0 Å². The van der Waals surface area contributed by atoms with Gasteiger partial charge in [-0.15, -0.1) is 0 Å². The third-order valence-corrected chi connectivity index (χ3v) is 1.71. The first-order valence-electron chi connectivity index (χ1n) is 3.02. The second-order valence-electron chi connectivity index (χ2n) is 2.14. The molecule has 2 N–H and O–H groups in total. The van der Waals surface area contributed by atoms with Gasteiger partial charge in [0.05, 0.1) is 0 Å². The molecule has 0 fully saturated rings. The van der Waals surface area contributed by atoms with Crippen LogP contribution in [0.15, 0.2) is 11.8 Å². The second-order valence-corrected chi connectivity index (χ2v) is 3.31. The average molecular weight is 164 g/mol. The van der Waals surface area contributed by atoms with E-state index >= 15 is 0 Å². The van der Waals surface area contributed by atoms with Crippen LogP contribution in [0.4, 0.5) is 0 Å². The molecule has 0 aromatic heterocycles. The van der Waals surface area contributed by atoms with Gasteiger partial charge in [-0.05, 0) is 18.9 Å². The molecule has 0 saturated carbocycles. The number of allylic oxidation sites excluding steroid dienone is 2. The lowest BCUT2D eigenvalue weighted by atomic mass is 10.4. The Labute approximate surface area is 58.8 Å². The predicted octanol–water partition coefficient (Wildman–Crippen LogP) is 1.16. The molecule has 0 aliphatic heterocycles. The van der Waals surface area contributed by atoms with E-state index in [2.05, 4.69) is 4.52 Å². The summed E-state index contributed by atoms with van der Waals surface area (Å²) in [5.41, 5.74) is 0. The predicted molar refractivity (Wildman–Crippen MR) is 35.1 cm³/mol. The van der Waals surface area contributed by atoms with Crippen molar-refractivity contribution < 1.29 is 18.9 Å². The third kappa shape index (κ3) is 2.52. The molecule has 0 saturated heterocycles. The molecule has 0 radical (unpaired) electrons. The van der Waals surface area contributed by atoms with Crippen LogP contribution >= 0.6 is 7.82 Å². The lowest BCUT2D eigenvalue weighted by molar-refractivity contribution is 0.239. The van der Waals surface area contributed by atoms with Crippen molar-refractivity contribution in [1.29, 1.82) is 0 Å². The maximum absolute atomic E-state index is 10.2. The zero-order valence-electron chi connectivity index (χ0n) is 5.36. The van der Waals surface area contributed by atoms with Crippen molar-refractivity contribution in [3.63, 3.8) is 0 Å². The molecule has 58 valence electrons. The molecule has 1 rings (SSSR count). The van der Waals surface area contributed by atoms with Crippen LogP contribution in [0.5, 0.6) is 0 Å². The van der Waals surface area contributed by atoms with Gasteiger partial charge >= 0.3 is 7.82 Å². The fourth-order valence-corrected chi connectivity index (χ4v) is 1.35. The molecule has 0 aromatic carbocycles. The summed E-state index contributed by atoms with van der Waals surface area (Å²) >= 11 is 0. The average Bonchev–Trinajstić information content (AvgIpc) is 2.12. The SMILES string of the molecule is O=P(O)(O)OC1=CCCC1. The molecule has 1 aliphatic carbocycles. The lowest BCUT2D eigenvalue weighted by Crippen LogP contribution is -1.85. The summed E-state index contributed by atoms with van der Waals surface area (Å²) in [7, 11) is -4.28. The number of rotatable bonds is 2. The summed E-state index contributed by atoms with van der Waals surface area (Å²) in [5.74, 6) is 0.424. The van der Waals surface area contributed by atoms with Gasteiger partial charge < -0.3 is 4.52 Å². The van der Waals surface area contributed by atoms with Gasteiger partial charge in [-0.3, -0.25) is 9.79 Å². The van der Waals surface area contributed by atoms with Gasteiger partial charge in [0, 0.05) is 6.42 Å². The summed E-state index contributed by atoms with van der Waals surface area (Å²) in [5, 5.41) is 0. The Morgan fingerprint density at radius 2 is 2.30 bits per heavy atom. The van der Waals surface area contributed by atoms with Gasteiger partial charge in [0.25, 0.3) is 0 Å². The van der Waals surface area contributed by atoms with Gasteiger partial charge in [-0.25, -0.2) is 4.57 Å². The Hall–Kier alpha value is -0.310. The normalized spacial score (nSPS) is 18.8. The lowest BCUT2D eigenvalue weighted by Gasteiger charge is -2.05. The standard InChI is InChI=1S/C5H9O4P/c6-10(7,8)9-5-3-1-2-4-5/h3H,1-2,4H2,(H2,6,7,8). The highest BCUT2D eigenvalue weighted by Crippen LogP contribution is 2.41. The molecule has 5 heteroatoms. The van der Waals surface area contributed by atoms with Crippen molar-refractivity contribution in [2.45, 2.75) is 19.3 Å². The van der Waals surface area contributed by atoms with Gasteiger partial charge in [-0.2, -0.15) is 0 Å². The van der Waals surface area contributed by atoms with E-state index in [0.717, 1.165) is 12.8 Å². The highest BCUT2D eigenvalue weighted by Gasteiger charge is 2.18. The van der Waals surface area contributed by atoms with Crippen LogP contribution in [0.2, 0.25) is 0 Å². The first-order valence-corrected chi connectivity index (χ1v) is 4.55. The number of hydrogen-bond donors (Lipinski definition) is 2. The molecule has 0 heterocycles. The highest BCUT2D eigenvalue weighted by molar-refractivity contribution is 7.46. The quantitative estimate of drug-likeness (QED) is 0.601. The van der Waals surface area contributed by atoms with E-state index in [-0.39, 0.29) is 0 Å². The van der Waals surface area contributed by atoms with Gasteiger partial charge in [0.1, 0.15) is 5.76 Å². The van der Waals surface area contributed by atoms with Crippen molar-refractivity contribution in [2.75, 3.05) is 0 Å². The molecule has 0 amide bonds. The smallest absolute Gasteiger partial charge is 0.409 e. The fourth-order valence-electron chi connectivity index (χ4n) is 0.877. The Morgan fingerprint density at radius 1 is 1.60 bits per heavy atom. The molecule has 0 spiro atoms. The Kier molecular flexibility index (Phi) is 2.14. The van der Waals surface area contributed by atoms with Gasteiger partial charge in [0.15, 0.2) is 0 Å². The van der Waals surface area contributed by atoms with E-state index in [4.69, 9.17) is 9.79 Å². The zero-order valence-corrected chi connectivity index (χ0v) is 6.25. The molecule has 0 unspecified atom stereocenters. The molecular formula is C5H9O4P. The Balaban J connectivity index is 2.46. The van der Waals surface area contributed by atoms with E-state index in [9.17, 15) is 4.57 Å². The van der Waals surface area contributed by atoms with Crippen LogP contribution in [0.1, 0.15) is 19.3 Å². The summed E-state index contributed by atoms with van der Waals surface area (Å²) in [4.78, 5) is 16.7. The van der Waals surface area contributed by atoms with Gasteiger partial charge in [-0.1, -0.05) is 0 Å². The van der Waals surface area contributed by atoms with Crippen LogP contribution in [-0.2, 0) is 9.09 Å². The highest BCUT2D eigenvalue weighted by atomic mass is 31.2. The molecule has 1 aliphatic rings. The van der Waals surface area contributed by atoms with Crippen molar-refractivity contribution in [3.05, 3.63) is 11.8 Å². The van der Waals surface area contributed by atoms with Crippen LogP contribution in [-0.4, -0.2) is 9.79 Å². The second kappa shape index (κ2) is 2.74. The minimum atomic E-state index is -4.28. The first-order chi connectivity index (χ1) is 4.58. The maximum atomic E-state index is 10.2. The van der Waals surface area contributed by atoms with Crippen molar-refractivity contribution in [1.82, 2.24) is 0 Å². The molecule has 4 nitrogen and oxygen atoms in total. The molecule has 10 heavy (non-hydrogen) atoms. The van der Waals surface area contributed by atoms with Crippen LogP contribution in [0.25, 0.3) is 0 Å². The topological polar surface area (TPSA) is 66.8 Å². The van der Waals surface area contributed by atoms with E-state index in [1.54, 1.807) is 6.08 Å². The van der Waals surface area contributed by atoms with Crippen molar-refractivity contribution >= 4 is 7.82 Å². The van der Waals surface area contributed by atoms with E-state index < -0.39 is 7.82 Å². The summed E-state index contributed by atoms with van der Waals surface area (Å²) in [6.45, 7) is 0. The summed E-state index contributed by atoms with van der Waals surface area (Å²) < 4.78 is 14.5. The van der Waals surface area contributed by atoms with E-state index in [0.29, 0.717) is 12.2 Å². The van der Waals surface area contributed by atoms with Crippen LogP contribution < -0.4 is 0 Å². The van der Waals surface area contributed by atoms with Crippen molar-refractivity contribution in [2.24, 2.45) is 0 Å². The Bertz CT molecular complexity index is 192. The molecule has 0 atom stereocenters. The molecule has 0 aromatic rings. The van der Waals surface area contributed by atoms with E-state index in [1.165, 1.54) is 0 Å². The number of phosphoric ester groups is 1. The Morgan fingerprint density at radius 3 is 2.70 bits per heavy atom. The van der Waals surface area contributed by atoms with Crippen LogP contribution in [0, 0.1) is 0 Å². The van der Waals surface area contributed by atoms with Gasteiger partial charge in [0.2, 0.25) is 0 Å². The largest absolute Gasteiger partial charge is 0.524 e. The first kappa shape index (κ1) is 7.79. The zero-order chi connectivity index (χ0) is 7.61. The number of phosphoric acid groups is 1. The third-order valence-electron chi connectivity index (χ3n) is 1.24. The summed E-state index contributed by atoms with van der Waals surface area (Å²) in [6, 6.07) is 0. The number of hydrogen-bond acceptors (Lipinski definition) is 2. The van der Waals surface area contributed by atoms with E-state index in [1.807, 2.05) is 0 Å².